The Morgan fingerprint density at radius 3 is 2.57 bits per heavy atom. The molecule has 0 spiro atoms. The summed E-state index contributed by atoms with van der Waals surface area (Å²) in [7, 11) is -3.63. The Kier molecular flexibility index (Phi) is 3.39. The third-order valence-corrected chi connectivity index (χ3v) is 5.24. The Balaban J connectivity index is 2.01. The van der Waals surface area contributed by atoms with Crippen molar-refractivity contribution in [1.29, 1.82) is 0 Å². The molecule has 3 rings (SSSR count). The van der Waals surface area contributed by atoms with E-state index >= 15 is 0 Å². The fraction of sp³-hybridized carbons (Fsp3) is 0.462. The lowest BCUT2D eigenvalue weighted by Gasteiger charge is -2.34. The van der Waals surface area contributed by atoms with Crippen LogP contribution in [0.25, 0.3) is 11.1 Å². The maximum absolute atomic E-state index is 12.7. The molecule has 1 fully saturated rings. The number of nitrogens with one attached hydrogen (secondary N) is 1. The van der Waals surface area contributed by atoms with Gasteiger partial charge in [-0.3, -0.25) is 4.98 Å². The summed E-state index contributed by atoms with van der Waals surface area (Å²) in [5.41, 5.74) is 0.707. The molecule has 21 heavy (non-hydrogen) atoms. The highest BCUT2D eigenvalue weighted by molar-refractivity contribution is 7.89. The zero-order valence-corrected chi connectivity index (χ0v) is 12.5. The number of oxazole rings is 1. The van der Waals surface area contributed by atoms with Crippen LogP contribution in [0.15, 0.2) is 32.3 Å². The van der Waals surface area contributed by atoms with Crippen LogP contribution in [-0.2, 0) is 14.8 Å². The lowest BCUT2D eigenvalue weighted by Crippen LogP contribution is -2.48. The van der Waals surface area contributed by atoms with Crippen LogP contribution in [0.1, 0.15) is 13.8 Å². The Morgan fingerprint density at radius 1 is 1.24 bits per heavy atom. The molecule has 1 N–H and O–H groups in total. The number of morpholine rings is 1. The fourth-order valence-corrected chi connectivity index (χ4v) is 4.17. The molecule has 0 unspecified atom stereocenters. The van der Waals surface area contributed by atoms with Gasteiger partial charge < -0.3 is 9.15 Å². The number of nitrogens with zero attached hydrogens (tertiary/aromatic N) is 1. The minimum atomic E-state index is -3.63. The van der Waals surface area contributed by atoms with Gasteiger partial charge in [-0.25, -0.2) is 13.2 Å². The van der Waals surface area contributed by atoms with E-state index in [-0.39, 0.29) is 22.7 Å². The molecule has 0 radical (unpaired) electrons. The Labute approximate surface area is 121 Å². The van der Waals surface area contributed by atoms with E-state index in [4.69, 9.17) is 9.15 Å². The van der Waals surface area contributed by atoms with E-state index in [1.165, 1.54) is 22.5 Å². The number of hydrogen-bond acceptors (Lipinski definition) is 5. The van der Waals surface area contributed by atoms with Gasteiger partial charge in [0.15, 0.2) is 5.58 Å². The lowest BCUT2D eigenvalue weighted by molar-refractivity contribution is -0.0440. The highest BCUT2D eigenvalue weighted by atomic mass is 32.2. The molecular formula is C13H16N2O5S. The van der Waals surface area contributed by atoms with Crippen LogP contribution in [0.2, 0.25) is 0 Å². The quantitative estimate of drug-likeness (QED) is 0.890. The minimum Gasteiger partial charge on any atom is -0.408 e. The van der Waals surface area contributed by atoms with E-state index in [1.54, 1.807) is 0 Å². The number of aromatic amines is 1. The Bertz CT molecular complexity index is 812. The monoisotopic (exact) mass is 312 g/mol. The van der Waals surface area contributed by atoms with E-state index in [9.17, 15) is 13.2 Å². The van der Waals surface area contributed by atoms with E-state index in [0.717, 1.165) is 0 Å². The van der Waals surface area contributed by atoms with Crippen molar-refractivity contribution in [2.24, 2.45) is 0 Å². The number of ether oxygens (including phenoxy) is 1. The van der Waals surface area contributed by atoms with Gasteiger partial charge in [-0.2, -0.15) is 4.31 Å². The summed E-state index contributed by atoms with van der Waals surface area (Å²) in [6.07, 6.45) is -0.310. The molecule has 1 aromatic carbocycles. The lowest BCUT2D eigenvalue weighted by atomic mass is 10.3. The van der Waals surface area contributed by atoms with Crippen molar-refractivity contribution in [2.45, 2.75) is 31.0 Å². The number of H-pyrrole nitrogens is 1. The number of hydrogen-bond donors (Lipinski definition) is 1. The van der Waals surface area contributed by atoms with E-state index < -0.39 is 15.8 Å². The topological polar surface area (TPSA) is 92.6 Å². The van der Waals surface area contributed by atoms with Gasteiger partial charge in [0, 0.05) is 19.2 Å². The number of fused-ring (bicyclic) bond motifs is 1. The van der Waals surface area contributed by atoms with Crippen LogP contribution in [0.3, 0.4) is 0 Å². The first-order valence-electron chi connectivity index (χ1n) is 6.65. The van der Waals surface area contributed by atoms with Crippen LogP contribution in [0.5, 0.6) is 0 Å². The van der Waals surface area contributed by atoms with E-state index in [2.05, 4.69) is 4.98 Å². The molecule has 1 saturated heterocycles. The van der Waals surface area contributed by atoms with Gasteiger partial charge in [0.1, 0.15) is 0 Å². The van der Waals surface area contributed by atoms with Crippen molar-refractivity contribution < 1.29 is 17.6 Å². The van der Waals surface area contributed by atoms with Crippen LogP contribution in [0.4, 0.5) is 0 Å². The van der Waals surface area contributed by atoms with Crippen molar-refractivity contribution in [2.75, 3.05) is 13.1 Å². The van der Waals surface area contributed by atoms with Gasteiger partial charge in [0.05, 0.1) is 22.6 Å². The first kappa shape index (κ1) is 14.3. The predicted octanol–water partition coefficient (Wildman–Crippen LogP) is 0.919. The van der Waals surface area contributed by atoms with Gasteiger partial charge in [0.2, 0.25) is 10.0 Å². The van der Waals surface area contributed by atoms with Gasteiger partial charge >= 0.3 is 5.76 Å². The third kappa shape index (κ3) is 2.61. The summed E-state index contributed by atoms with van der Waals surface area (Å²) < 4.78 is 37.2. The molecule has 7 nitrogen and oxygen atoms in total. The minimum absolute atomic E-state index is 0.110. The molecule has 2 atom stereocenters. The molecule has 1 aliphatic heterocycles. The maximum atomic E-state index is 12.7. The normalized spacial score (nSPS) is 24.5. The van der Waals surface area contributed by atoms with Crippen molar-refractivity contribution in [3.63, 3.8) is 0 Å². The fourth-order valence-electron chi connectivity index (χ4n) is 2.56. The molecular weight excluding hydrogens is 296 g/mol. The van der Waals surface area contributed by atoms with Crippen LogP contribution in [-0.4, -0.2) is 43.0 Å². The zero-order valence-electron chi connectivity index (χ0n) is 11.7. The molecule has 0 amide bonds. The smallest absolute Gasteiger partial charge is 0.408 e. The van der Waals surface area contributed by atoms with Crippen LogP contribution >= 0.6 is 0 Å². The van der Waals surface area contributed by atoms with Crippen molar-refractivity contribution in [1.82, 2.24) is 9.29 Å². The Morgan fingerprint density at radius 2 is 1.90 bits per heavy atom. The zero-order chi connectivity index (χ0) is 15.2. The average molecular weight is 312 g/mol. The average Bonchev–Trinajstić information content (AvgIpc) is 2.76. The highest BCUT2D eigenvalue weighted by Crippen LogP contribution is 2.23. The molecule has 8 heteroatoms. The number of rotatable bonds is 2. The molecule has 1 aliphatic rings. The van der Waals surface area contributed by atoms with Gasteiger partial charge in [0.25, 0.3) is 0 Å². The molecule has 0 bridgehead atoms. The van der Waals surface area contributed by atoms with Crippen molar-refractivity contribution in [3.8, 4) is 0 Å². The second kappa shape index (κ2) is 4.97. The van der Waals surface area contributed by atoms with Gasteiger partial charge in [-0.1, -0.05) is 0 Å². The highest BCUT2D eigenvalue weighted by Gasteiger charge is 2.32. The number of aromatic nitrogens is 1. The largest absolute Gasteiger partial charge is 0.417 e. The summed E-state index contributed by atoms with van der Waals surface area (Å²) in [6.45, 7) is 4.29. The standard InChI is InChI=1S/C13H16N2O5S/c1-8-6-15(7-9(2)19-8)21(17,18)10-3-4-11-12(5-10)20-13(16)14-11/h3-5,8-9H,6-7H2,1-2H3,(H,14,16)/t8-,9-/m1/s1. The van der Waals surface area contributed by atoms with E-state index in [0.29, 0.717) is 18.6 Å². The first-order chi connectivity index (χ1) is 9.86. The molecule has 0 aliphatic carbocycles. The molecule has 114 valence electrons. The summed E-state index contributed by atoms with van der Waals surface area (Å²) in [5.74, 6) is -0.604. The van der Waals surface area contributed by atoms with Crippen LogP contribution < -0.4 is 5.76 Å². The summed E-state index contributed by atoms with van der Waals surface area (Å²) in [6, 6.07) is 4.36. The Hall–Kier alpha value is -1.64. The molecule has 2 heterocycles. The predicted molar refractivity (Wildman–Crippen MR) is 75.6 cm³/mol. The summed E-state index contributed by atoms with van der Waals surface area (Å²) >= 11 is 0. The number of benzene rings is 1. The second-order valence-corrected chi connectivity index (χ2v) is 7.19. The van der Waals surface area contributed by atoms with Crippen molar-refractivity contribution >= 4 is 21.1 Å². The SMILES string of the molecule is C[C@@H]1CN(S(=O)(=O)c2ccc3[nH]c(=O)oc3c2)C[C@@H](C)O1. The maximum Gasteiger partial charge on any atom is 0.417 e. The van der Waals surface area contributed by atoms with Gasteiger partial charge in [-0.15, -0.1) is 0 Å². The van der Waals surface area contributed by atoms with Gasteiger partial charge in [-0.05, 0) is 26.0 Å². The molecule has 2 aromatic rings. The second-order valence-electron chi connectivity index (χ2n) is 5.25. The summed E-state index contributed by atoms with van der Waals surface area (Å²) in [4.78, 5) is 13.7. The third-order valence-electron chi connectivity index (χ3n) is 3.42. The van der Waals surface area contributed by atoms with E-state index in [1.807, 2.05) is 13.8 Å². The summed E-state index contributed by atoms with van der Waals surface area (Å²) in [5, 5.41) is 0. The first-order valence-corrected chi connectivity index (χ1v) is 8.09. The van der Waals surface area contributed by atoms with Crippen molar-refractivity contribution in [3.05, 3.63) is 28.7 Å². The van der Waals surface area contributed by atoms with Crippen LogP contribution in [0, 0.1) is 0 Å². The molecule has 0 saturated carbocycles. The molecule has 1 aromatic heterocycles. The number of sulfonamides is 1.